The van der Waals surface area contributed by atoms with Crippen molar-refractivity contribution in [2.75, 3.05) is 0 Å². The fourth-order valence-electron chi connectivity index (χ4n) is 1.93. The molecule has 0 aliphatic rings. The zero-order valence-electron chi connectivity index (χ0n) is 10.5. The summed E-state index contributed by atoms with van der Waals surface area (Å²) in [5, 5.41) is 11.1. The molecule has 0 aliphatic carbocycles. The Morgan fingerprint density at radius 1 is 0.947 bits per heavy atom. The molecule has 0 aromatic heterocycles. The molecule has 100 valence electrons. The van der Waals surface area contributed by atoms with E-state index in [1.807, 2.05) is 44.2 Å². The largest absolute Gasteiger partial charge is 0.384 e. The fraction of sp³-hybridized carbons (Fsp3) is 0.200. The van der Waals surface area contributed by atoms with Crippen LogP contribution in [0.4, 0.5) is 0 Å². The van der Waals surface area contributed by atoms with Gasteiger partial charge >= 0.3 is 0 Å². The Bertz CT molecular complexity index is 606. The predicted octanol–water partition coefficient (Wildman–Crippen LogP) is 5.56. The van der Waals surface area contributed by atoms with Gasteiger partial charge in [-0.25, -0.2) is 0 Å². The Morgan fingerprint density at radius 2 is 1.47 bits per heavy atom. The first kappa shape index (κ1) is 15.0. The van der Waals surface area contributed by atoms with Crippen LogP contribution in [0, 0.1) is 13.8 Å². The summed E-state index contributed by atoms with van der Waals surface area (Å²) >= 11 is 13.1. The molecule has 2 aromatic carbocycles. The van der Waals surface area contributed by atoms with Crippen LogP contribution in [0.3, 0.4) is 0 Å². The van der Waals surface area contributed by atoms with Gasteiger partial charge in [0.25, 0.3) is 0 Å². The highest BCUT2D eigenvalue weighted by atomic mass is 79.9. The van der Waals surface area contributed by atoms with Crippen molar-refractivity contribution in [3.8, 4) is 0 Å². The average molecular weight is 405 g/mol. The van der Waals surface area contributed by atoms with E-state index in [9.17, 15) is 5.11 Å². The fourth-order valence-corrected chi connectivity index (χ4v) is 3.58. The van der Waals surface area contributed by atoms with Crippen LogP contribution >= 0.6 is 43.5 Å². The lowest BCUT2D eigenvalue weighted by molar-refractivity contribution is 0.220. The van der Waals surface area contributed by atoms with Crippen molar-refractivity contribution in [1.82, 2.24) is 0 Å². The van der Waals surface area contributed by atoms with Crippen molar-refractivity contribution in [3.05, 3.63) is 66.6 Å². The Balaban J connectivity index is 2.49. The van der Waals surface area contributed by atoms with E-state index in [1.54, 1.807) is 0 Å². The van der Waals surface area contributed by atoms with Gasteiger partial charge in [-0.05, 0) is 54.8 Å². The Hall–Kier alpha value is -0.350. The van der Waals surface area contributed by atoms with Crippen molar-refractivity contribution >= 4 is 43.5 Å². The van der Waals surface area contributed by atoms with Gasteiger partial charge in [-0.3, -0.25) is 0 Å². The van der Waals surface area contributed by atoms with Gasteiger partial charge < -0.3 is 5.11 Å². The van der Waals surface area contributed by atoms with E-state index < -0.39 is 6.10 Å². The van der Waals surface area contributed by atoms with E-state index in [4.69, 9.17) is 11.6 Å². The highest BCUT2D eigenvalue weighted by molar-refractivity contribution is 9.11. The van der Waals surface area contributed by atoms with Gasteiger partial charge in [0.05, 0.1) is 0 Å². The maximum absolute atomic E-state index is 10.5. The molecule has 0 fully saturated rings. The zero-order chi connectivity index (χ0) is 14.2. The first-order valence-electron chi connectivity index (χ1n) is 5.79. The second kappa shape index (κ2) is 5.96. The predicted molar refractivity (Wildman–Crippen MR) is 86.8 cm³/mol. The van der Waals surface area contributed by atoms with Crippen molar-refractivity contribution in [2.45, 2.75) is 20.0 Å². The highest BCUT2D eigenvalue weighted by Gasteiger charge is 2.16. The quantitative estimate of drug-likeness (QED) is 0.694. The second-order valence-corrected chi connectivity index (χ2v) is 6.80. The third-order valence-electron chi connectivity index (χ3n) is 3.11. The number of aliphatic hydroxyl groups is 1. The molecule has 0 spiro atoms. The molecule has 0 bridgehead atoms. The van der Waals surface area contributed by atoms with Gasteiger partial charge in [-0.15, -0.1) is 0 Å². The van der Waals surface area contributed by atoms with E-state index >= 15 is 0 Å². The van der Waals surface area contributed by atoms with Gasteiger partial charge in [0.2, 0.25) is 0 Å². The normalized spacial score (nSPS) is 12.5. The van der Waals surface area contributed by atoms with E-state index in [1.165, 1.54) is 0 Å². The number of benzene rings is 2. The van der Waals surface area contributed by atoms with Crippen molar-refractivity contribution in [3.63, 3.8) is 0 Å². The van der Waals surface area contributed by atoms with E-state index in [0.717, 1.165) is 31.2 Å². The van der Waals surface area contributed by atoms with E-state index in [0.29, 0.717) is 5.02 Å². The SMILES string of the molecule is Cc1cc(Cl)c(C(O)c2cc(Br)cc(Br)c2)cc1C. The smallest absolute Gasteiger partial charge is 0.106 e. The summed E-state index contributed by atoms with van der Waals surface area (Å²) in [6, 6.07) is 9.54. The maximum atomic E-state index is 10.5. The molecule has 1 atom stereocenters. The van der Waals surface area contributed by atoms with Crippen LogP contribution in [0.1, 0.15) is 28.4 Å². The molecule has 0 heterocycles. The summed E-state index contributed by atoms with van der Waals surface area (Å²) in [6.07, 6.45) is -0.736. The molecule has 0 radical (unpaired) electrons. The molecular weight excluding hydrogens is 391 g/mol. The molecule has 19 heavy (non-hydrogen) atoms. The molecule has 0 saturated heterocycles. The molecule has 1 nitrogen and oxygen atoms in total. The monoisotopic (exact) mass is 402 g/mol. The number of rotatable bonds is 2. The van der Waals surface area contributed by atoms with Crippen LogP contribution in [-0.4, -0.2) is 5.11 Å². The number of hydrogen-bond acceptors (Lipinski definition) is 1. The topological polar surface area (TPSA) is 20.2 Å². The number of halogens is 3. The zero-order valence-corrected chi connectivity index (χ0v) is 14.5. The summed E-state index contributed by atoms with van der Waals surface area (Å²) in [6.45, 7) is 4.02. The van der Waals surface area contributed by atoms with Crippen molar-refractivity contribution in [2.24, 2.45) is 0 Å². The summed E-state index contributed by atoms with van der Waals surface area (Å²) in [5.41, 5.74) is 3.77. The standard InChI is InChI=1S/C15H13Br2ClO/c1-8-3-13(14(18)4-9(8)2)15(19)10-5-11(16)7-12(17)6-10/h3-7,15,19H,1-2H3. The molecule has 0 saturated carbocycles. The lowest BCUT2D eigenvalue weighted by Crippen LogP contribution is -2.02. The van der Waals surface area contributed by atoms with Gasteiger partial charge in [-0.2, -0.15) is 0 Å². The maximum Gasteiger partial charge on any atom is 0.106 e. The minimum atomic E-state index is -0.736. The van der Waals surface area contributed by atoms with Crippen molar-refractivity contribution in [1.29, 1.82) is 0 Å². The highest BCUT2D eigenvalue weighted by Crippen LogP contribution is 2.33. The molecule has 1 N–H and O–H groups in total. The minimum Gasteiger partial charge on any atom is -0.384 e. The molecule has 0 aliphatic heterocycles. The van der Waals surface area contributed by atoms with E-state index in [-0.39, 0.29) is 0 Å². The first-order chi connectivity index (χ1) is 8.88. The van der Waals surface area contributed by atoms with Crippen LogP contribution in [0.25, 0.3) is 0 Å². The van der Waals surface area contributed by atoms with Crippen LogP contribution in [0.2, 0.25) is 5.02 Å². The summed E-state index contributed by atoms with van der Waals surface area (Å²) in [7, 11) is 0. The third-order valence-corrected chi connectivity index (χ3v) is 4.35. The Kier molecular flexibility index (Phi) is 4.72. The van der Waals surface area contributed by atoms with Gasteiger partial charge in [0.15, 0.2) is 0 Å². The lowest BCUT2D eigenvalue weighted by atomic mass is 9.98. The van der Waals surface area contributed by atoms with Crippen LogP contribution in [-0.2, 0) is 0 Å². The molecule has 2 aromatic rings. The minimum absolute atomic E-state index is 0.590. The number of aryl methyl sites for hydroxylation is 2. The summed E-state index contributed by atoms with van der Waals surface area (Å²) < 4.78 is 1.83. The van der Waals surface area contributed by atoms with Gasteiger partial charge in [0.1, 0.15) is 6.10 Å². The third kappa shape index (κ3) is 3.40. The van der Waals surface area contributed by atoms with Crippen LogP contribution in [0.5, 0.6) is 0 Å². The number of hydrogen-bond donors (Lipinski definition) is 1. The average Bonchev–Trinajstić information content (AvgIpc) is 2.31. The lowest BCUT2D eigenvalue weighted by Gasteiger charge is -2.16. The number of aliphatic hydroxyl groups excluding tert-OH is 1. The Morgan fingerprint density at radius 3 is 2.05 bits per heavy atom. The van der Waals surface area contributed by atoms with E-state index in [2.05, 4.69) is 31.9 Å². The summed E-state index contributed by atoms with van der Waals surface area (Å²) in [4.78, 5) is 0. The molecule has 1 unspecified atom stereocenters. The molecule has 2 rings (SSSR count). The molecular formula is C15H13Br2ClO. The van der Waals surface area contributed by atoms with Crippen molar-refractivity contribution < 1.29 is 5.11 Å². The summed E-state index contributed by atoms with van der Waals surface area (Å²) in [5.74, 6) is 0. The molecule has 4 heteroatoms. The van der Waals surface area contributed by atoms with Gasteiger partial charge in [0, 0.05) is 19.5 Å². The van der Waals surface area contributed by atoms with Gasteiger partial charge in [-0.1, -0.05) is 49.5 Å². The Labute approximate surface area is 134 Å². The van der Waals surface area contributed by atoms with Crippen LogP contribution < -0.4 is 0 Å². The second-order valence-electron chi connectivity index (χ2n) is 4.56. The molecule has 0 amide bonds. The first-order valence-corrected chi connectivity index (χ1v) is 7.75. The van der Waals surface area contributed by atoms with Crippen LogP contribution in [0.15, 0.2) is 39.3 Å².